The first-order valence-corrected chi connectivity index (χ1v) is 9.54. The molecule has 0 radical (unpaired) electrons. The van der Waals surface area contributed by atoms with E-state index in [4.69, 9.17) is 4.74 Å². The van der Waals surface area contributed by atoms with E-state index < -0.39 is 6.10 Å². The van der Waals surface area contributed by atoms with Gasteiger partial charge in [0.1, 0.15) is 0 Å². The minimum Gasteiger partial charge on any atom is -0.365 e. The Labute approximate surface area is 144 Å². The van der Waals surface area contributed by atoms with Crippen LogP contribution in [0.25, 0.3) is 0 Å². The molecule has 2 saturated heterocycles. The molecule has 0 aromatic carbocycles. The summed E-state index contributed by atoms with van der Waals surface area (Å²) in [6.45, 7) is 6.19. The van der Waals surface area contributed by atoms with Crippen molar-refractivity contribution >= 4 is 11.8 Å². The Kier molecular flexibility index (Phi) is 6.11. The van der Waals surface area contributed by atoms with Crippen LogP contribution in [-0.2, 0) is 14.3 Å². The maximum atomic E-state index is 12.6. The quantitative estimate of drug-likeness (QED) is 0.831. The smallest absolute Gasteiger partial charge is 0.251 e. The summed E-state index contributed by atoms with van der Waals surface area (Å²) >= 11 is 0. The molecule has 2 amide bonds. The van der Waals surface area contributed by atoms with Gasteiger partial charge in [-0.15, -0.1) is 0 Å². The Bertz CT molecular complexity index is 443. The third kappa shape index (κ3) is 4.70. The van der Waals surface area contributed by atoms with E-state index in [9.17, 15) is 9.59 Å². The molecular formula is C18H31N3O3. The van der Waals surface area contributed by atoms with Crippen molar-refractivity contribution in [3.8, 4) is 0 Å². The van der Waals surface area contributed by atoms with Gasteiger partial charge in [-0.05, 0) is 44.7 Å². The van der Waals surface area contributed by atoms with E-state index in [2.05, 4.69) is 17.1 Å². The third-order valence-corrected chi connectivity index (χ3v) is 5.65. The fourth-order valence-corrected chi connectivity index (χ4v) is 3.91. The predicted molar refractivity (Wildman–Crippen MR) is 91.6 cm³/mol. The Morgan fingerprint density at radius 2 is 1.79 bits per heavy atom. The van der Waals surface area contributed by atoms with Gasteiger partial charge in [0.25, 0.3) is 5.91 Å². The first kappa shape index (κ1) is 17.7. The molecule has 3 aliphatic rings. The van der Waals surface area contributed by atoms with Gasteiger partial charge in [-0.1, -0.05) is 19.8 Å². The van der Waals surface area contributed by atoms with Crippen LogP contribution in [0.15, 0.2) is 0 Å². The largest absolute Gasteiger partial charge is 0.365 e. The molecule has 3 rings (SSSR count). The fraction of sp³-hybridized carbons (Fsp3) is 0.889. The highest BCUT2D eigenvalue weighted by atomic mass is 16.5. The van der Waals surface area contributed by atoms with Crippen molar-refractivity contribution < 1.29 is 14.3 Å². The Hall–Kier alpha value is -1.14. The van der Waals surface area contributed by atoms with Crippen LogP contribution in [0.4, 0.5) is 0 Å². The first-order valence-electron chi connectivity index (χ1n) is 9.54. The maximum Gasteiger partial charge on any atom is 0.251 e. The summed E-state index contributed by atoms with van der Waals surface area (Å²) in [5.74, 6) is 0.848. The normalized spacial score (nSPS) is 27.4. The average Bonchev–Trinajstić information content (AvgIpc) is 3.10. The molecule has 1 N–H and O–H groups in total. The van der Waals surface area contributed by atoms with E-state index in [0.717, 1.165) is 31.8 Å². The van der Waals surface area contributed by atoms with E-state index in [1.807, 2.05) is 0 Å². The van der Waals surface area contributed by atoms with Gasteiger partial charge in [0, 0.05) is 12.6 Å². The van der Waals surface area contributed by atoms with Gasteiger partial charge in [0.05, 0.1) is 19.7 Å². The molecule has 2 aliphatic heterocycles. The highest BCUT2D eigenvalue weighted by Crippen LogP contribution is 2.19. The molecule has 1 atom stereocenters. The summed E-state index contributed by atoms with van der Waals surface area (Å²) in [5, 5.41) is 3.08. The van der Waals surface area contributed by atoms with Crippen molar-refractivity contribution in [3.63, 3.8) is 0 Å². The van der Waals surface area contributed by atoms with Gasteiger partial charge >= 0.3 is 0 Å². The van der Waals surface area contributed by atoms with Crippen LogP contribution in [0.1, 0.15) is 45.4 Å². The molecule has 24 heavy (non-hydrogen) atoms. The zero-order chi connectivity index (χ0) is 16.9. The van der Waals surface area contributed by atoms with Gasteiger partial charge in [0.2, 0.25) is 5.91 Å². The summed E-state index contributed by atoms with van der Waals surface area (Å²) in [6, 6.07) is 0.294. The summed E-state index contributed by atoms with van der Waals surface area (Å²) in [4.78, 5) is 29.0. The van der Waals surface area contributed by atoms with E-state index in [-0.39, 0.29) is 11.8 Å². The molecule has 1 saturated carbocycles. The van der Waals surface area contributed by atoms with E-state index in [0.29, 0.717) is 32.3 Å². The zero-order valence-corrected chi connectivity index (χ0v) is 14.8. The number of likely N-dealkylation sites (tertiary alicyclic amines) is 1. The highest BCUT2D eigenvalue weighted by Gasteiger charge is 2.31. The Balaban J connectivity index is 1.45. The standard InChI is InChI=1S/C18H31N3O3/c1-14-6-8-20(9-7-14)13-17(22)21-10-11-24-16(12-21)18(23)19-15-4-2-3-5-15/h14-16H,2-13H2,1H3,(H,19,23)/t16-/m1/s1. The second-order valence-corrected chi connectivity index (χ2v) is 7.65. The molecule has 0 aromatic heterocycles. The van der Waals surface area contributed by atoms with Crippen molar-refractivity contribution in [2.24, 2.45) is 5.92 Å². The second kappa shape index (κ2) is 8.30. The lowest BCUT2D eigenvalue weighted by Crippen LogP contribution is -2.54. The van der Waals surface area contributed by atoms with Gasteiger partial charge in [0.15, 0.2) is 6.10 Å². The van der Waals surface area contributed by atoms with Crippen LogP contribution in [-0.4, -0.2) is 73.1 Å². The number of piperidine rings is 1. The van der Waals surface area contributed by atoms with Crippen LogP contribution >= 0.6 is 0 Å². The zero-order valence-electron chi connectivity index (χ0n) is 14.8. The summed E-state index contributed by atoms with van der Waals surface area (Å²) in [5.41, 5.74) is 0. The van der Waals surface area contributed by atoms with Crippen molar-refractivity contribution in [3.05, 3.63) is 0 Å². The minimum absolute atomic E-state index is 0.0498. The average molecular weight is 337 g/mol. The van der Waals surface area contributed by atoms with Gasteiger partial charge in [-0.3, -0.25) is 14.5 Å². The van der Waals surface area contributed by atoms with Gasteiger partial charge in [-0.2, -0.15) is 0 Å². The molecule has 0 spiro atoms. The number of ether oxygens (including phenoxy) is 1. The summed E-state index contributed by atoms with van der Waals surface area (Å²) in [7, 11) is 0. The number of carbonyl (C=O) groups is 2. The monoisotopic (exact) mass is 337 g/mol. The van der Waals surface area contributed by atoms with Gasteiger partial charge in [-0.25, -0.2) is 0 Å². The Morgan fingerprint density at radius 1 is 1.08 bits per heavy atom. The minimum atomic E-state index is -0.510. The fourth-order valence-electron chi connectivity index (χ4n) is 3.91. The molecule has 0 bridgehead atoms. The molecule has 136 valence electrons. The predicted octanol–water partition coefficient (Wildman–Crippen LogP) is 1.00. The molecule has 1 aliphatic carbocycles. The number of nitrogens with one attached hydrogen (secondary N) is 1. The summed E-state index contributed by atoms with van der Waals surface area (Å²) < 4.78 is 5.61. The molecule has 6 heteroatoms. The number of nitrogens with zero attached hydrogens (tertiary/aromatic N) is 2. The molecule has 2 heterocycles. The van der Waals surface area contributed by atoms with E-state index >= 15 is 0 Å². The summed E-state index contributed by atoms with van der Waals surface area (Å²) in [6.07, 6.45) is 6.34. The van der Waals surface area contributed by atoms with Crippen molar-refractivity contribution in [2.75, 3.05) is 39.3 Å². The first-order chi connectivity index (χ1) is 11.6. The lowest BCUT2D eigenvalue weighted by molar-refractivity contribution is -0.148. The van der Waals surface area contributed by atoms with Gasteiger partial charge < -0.3 is 15.0 Å². The van der Waals surface area contributed by atoms with Crippen molar-refractivity contribution in [2.45, 2.75) is 57.6 Å². The number of carbonyl (C=O) groups excluding carboxylic acids is 2. The van der Waals surface area contributed by atoms with Crippen LogP contribution in [0.3, 0.4) is 0 Å². The lowest BCUT2D eigenvalue weighted by Gasteiger charge is -2.35. The van der Waals surface area contributed by atoms with Crippen molar-refractivity contribution in [1.29, 1.82) is 0 Å². The van der Waals surface area contributed by atoms with Crippen LogP contribution in [0.5, 0.6) is 0 Å². The van der Waals surface area contributed by atoms with E-state index in [1.54, 1.807) is 4.90 Å². The Morgan fingerprint density at radius 3 is 2.50 bits per heavy atom. The number of hydrogen-bond acceptors (Lipinski definition) is 4. The second-order valence-electron chi connectivity index (χ2n) is 7.65. The maximum absolute atomic E-state index is 12.6. The molecule has 0 aromatic rings. The molecule has 6 nitrogen and oxygen atoms in total. The third-order valence-electron chi connectivity index (χ3n) is 5.65. The topological polar surface area (TPSA) is 61.9 Å². The highest BCUT2D eigenvalue weighted by molar-refractivity contribution is 5.83. The number of morpholine rings is 1. The molecule has 0 unspecified atom stereocenters. The van der Waals surface area contributed by atoms with Crippen LogP contribution < -0.4 is 5.32 Å². The lowest BCUT2D eigenvalue weighted by atomic mass is 9.99. The molecular weight excluding hydrogens is 306 g/mol. The number of hydrogen-bond donors (Lipinski definition) is 1. The number of amides is 2. The van der Waals surface area contributed by atoms with Crippen molar-refractivity contribution in [1.82, 2.24) is 15.1 Å². The number of rotatable bonds is 4. The molecule has 3 fully saturated rings. The van der Waals surface area contributed by atoms with E-state index in [1.165, 1.54) is 25.7 Å². The van der Waals surface area contributed by atoms with Crippen LogP contribution in [0.2, 0.25) is 0 Å². The van der Waals surface area contributed by atoms with Crippen LogP contribution in [0, 0.1) is 5.92 Å². The SMILES string of the molecule is CC1CCN(CC(=O)N2CCO[C@@H](C(=O)NC3CCCC3)C2)CC1.